The van der Waals surface area contributed by atoms with Crippen LogP contribution in [0.1, 0.15) is 31.4 Å². The van der Waals surface area contributed by atoms with Gasteiger partial charge in [-0.3, -0.25) is 14.9 Å². The number of hydrogen-bond acceptors (Lipinski definition) is 5. The lowest BCUT2D eigenvalue weighted by Crippen LogP contribution is -2.30. The van der Waals surface area contributed by atoms with Crippen LogP contribution >= 0.6 is 0 Å². The molecule has 1 atom stereocenters. The highest BCUT2D eigenvalue weighted by molar-refractivity contribution is 5.77. The average Bonchev–Trinajstić information content (AvgIpc) is 3.26. The largest absolute Gasteiger partial charge is 0.483 e. The van der Waals surface area contributed by atoms with Crippen molar-refractivity contribution < 1.29 is 19.6 Å². The van der Waals surface area contributed by atoms with E-state index in [4.69, 9.17) is 4.74 Å². The first-order valence-electron chi connectivity index (χ1n) is 6.83. The molecule has 1 aromatic carbocycles. The molecule has 1 aliphatic carbocycles. The van der Waals surface area contributed by atoms with E-state index in [0.29, 0.717) is 18.0 Å². The monoisotopic (exact) mass is 294 g/mol. The number of amides is 1. The number of nitro benzene ring substituents is 1. The predicted octanol–water partition coefficient (Wildman–Crippen LogP) is 1.55. The van der Waals surface area contributed by atoms with Gasteiger partial charge in [-0.05, 0) is 31.7 Å². The van der Waals surface area contributed by atoms with Crippen LogP contribution in [0.25, 0.3) is 0 Å². The van der Waals surface area contributed by atoms with Crippen LogP contribution in [-0.2, 0) is 4.79 Å². The Morgan fingerprint density at radius 2 is 2.29 bits per heavy atom. The number of benzene rings is 1. The highest BCUT2D eigenvalue weighted by Crippen LogP contribution is 2.29. The molecule has 1 saturated carbocycles. The minimum absolute atomic E-state index is 0.128. The summed E-state index contributed by atoms with van der Waals surface area (Å²) in [4.78, 5) is 21.8. The summed E-state index contributed by atoms with van der Waals surface area (Å²) in [5, 5.41) is 23.1. The molecule has 7 nitrogen and oxygen atoms in total. The number of non-ortho nitro benzene ring substituents is 1. The number of rotatable bonds is 7. The van der Waals surface area contributed by atoms with Gasteiger partial charge in [-0.15, -0.1) is 0 Å². The second-order valence-electron chi connectivity index (χ2n) is 5.19. The number of nitrogens with zero attached hydrogens (tertiary/aromatic N) is 1. The van der Waals surface area contributed by atoms with E-state index in [-0.39, 0.29) is 24.0 Å². The van der Waals surface area contributed by atoms with E-state index >= 15 is 0 Å². The van der Waals surface area contributed by atoms with Crippen molar-refractivity contribution in [2.45, 2.75) is 25.9 Å². The molecule has 7 heteroatoms. The minimum Gasteiger partial charge on any atom is -0.483 e. The SMILES string of the molecule is C[C@@H](O)c1cc([N+](=O)[O-])ccc1OCC(=O)NCC1CC1. The third kappa shape index (κ3) is 4.42. The minimum atomic E-state index is -0.922. The van der Waals surface area contributed by atoms with Crippen LogP contribution in [0.4, 0.5) is 5.69 Å². The van der Waals surface area contributed by atoms with Gasteiger partial charge in [0.15, 0.2) is 6.61 Å². The number of aliphatic hydroxyl groups excluding tert-OH is 1. The molecule has 0 bridgehead atoms. The summed E-state index contributed by atoms with van der Waals surface area (Å²) in [5.74, 6) is 0.621. The number of aliphatic hydroxyl groups is 1. The van der Waals surface area contributed by atoms with Crippen molar-refractivity contribution in [1.29, 1.82) is 0 Å². The van der Waals surface area contributed by atoms with Gasteiger partial charge in [0, 0.05) is 24.2 Å². The van der Waals surface area contributed by atoms with Gasteiger partial charge in [0.05, 0.1) is 11.0 Å². The van der Waals surface area contributed by atoms with E-state index in [1.54, 1.807) is 0 Å². The first-order chi connectivity index (χ1) is 9.97. The van der Waals surface area contributed by atoms with Crippen LogP contribution in [0.2, 0.25) is 0 Å². The quantitative estimate of drug-likeness (QED) is 0.587. The standard InChI is InChI=1S/C14H18N2O5/c1-9(17)12-6-11(16(19)20)4-5-13(12)21-8-14(18)15-7-10-2-3-10/h4-6,9-10,17H,2-3,7-8H2,1H3,(H,15,18)/t9-/m1/s1. The van der Waals surface area contributed by atoms with E-state index in [1.807, 2.05) is 0 Å². The fourth-order valence-electron chi connectivity index (χ4n) is 1.88. The topological polar surface area (TPSA) is 102 Å². The molecular formula is C14H18N2O5. The zero-order chi connectivity index (χ0) is 15.4. The van der Waals surface area contributed by atoms with Crippen LogP contribution in [-0.4, -0.2) is 29.1 Å². The van der Waals surface area contributed by atoms with Crippen molar-refractivity contribution in [3.63, 3.8) is 0 Å². The molecule has 0 aromatic heterocycles. The predicted molar refractivity (Wildman–Crippen MR) is 75.0 cm³/mol. The maximum atomic E-state index is 11.6. The summed E-state index contributed by atoms with van der Waals surface area (Å²) >= 11 is 0. The summed E-state index contributed by atoms with van der Waals surface area (Å²) in [6.07, 6.45) is 1.38. The molecule has 1 aromatic rings. The number of carbonyl (C=O) groups is 1. The summed E-state index contributed by atoms with van der Waals surface area (Å²) < 4.78 is 5.35. The number of nitro groups is 1. The van der Waals surface area contributed by atoms with E-state index < -0.39 is 11.0 Å². The summed E-state index contributed by atoms with van der Waals surface area (Å²) in [6.45, 7) is 1.97. The van der Waals surface area contributed by atoms with Gasteiger partial charge in [0.1, 0.15) is 5.75 Å². The lowest BCUT2D eigenvalue weighted by molar-refractivity contribution is -0.385. The Morgan fingerprint density at radius 3 is 2.86 bits per heavy atom. The Morgan fingerprint density at radius 1 is 1.57 bits per heavy atom. The molecule has 2 rings (SSSR count). The van der Waals surface area contributed by atoms with Crippen LogP contribution in [0.15, 0.2) is 18.2 Å². The molecule has 1 aliphatic rings. The van der Waals surface area contributed by atoms with E-state index in [0.717, 1.165) is 12.8 Å². The van der Waals surface area contributed by atoms with Crippen LogP contribution in [0.3, 0.4) is 0 Å². The molecule has 0 radical (unpaired) electrons. The lowest BCUT2D eigenvalue weighted by Gasteiger charge is -2.13. The molecule has 114 valence electrons. The summed E-state index contributed by atoms with van der Waals surface area (Å²) in [6, 6.07) is 3.93. The number of ether oxygens (including phenoxy) is 1. The Hall–Kier alpha value is -2.15. The van der Waals surface area contributed by atoms with E-state index in [1.165, 1.54) is 25.1 Å². The average molecular weight is 294 g/mol. The smallest absolute Gasteiger partial charge is 0.270 e. The molecule has 1 amide bonds. The molecular weight excluding hydrogens is 276 g/mol. The number of nitrogens with one attached hydrogen (secondary N) is 1. The highest BCUT2D eigenvalue weighted by Gasteiger charge is 2.22. The van der Waals surface area contributed by atoms with Crippen molar-refractivity contribution in [3.8, 4) is 5.75 Å². The van der Waals surface area contributed by atoms with Crippen molar-refractivity contribution in [2.24, 2.45) is 5.92 Å². The van der Waals surface area contributed by atoms with Crippen LogP contribution in [0.5, 0.6) is 5.75 Å². The third-order valence-corrected chi connectivity index (χ3v) is 3.30. The molecule has 2 N–H and O–H groups in total. The van der Waals surface area contributed by atoms with Gasteiger partial charge < -0.3 is 15.2 Å². The van der Waals surface area contributed by atoms with Crippen LogP contribution in [0, 0.1) is 16.0 Å². The Kier molecular flexibility index (Phi) is 4.74. The zero-order valence-electron chi connectivity index (χ0n) is 11.7. The molecule has 0 saturated heterocycles. The van der Waals surface area contributed by atoms with Crippen molar-refractivity contribution in [3.05, 3.63) is 33.9 Å². The Bertz CT molecular complexity index is 540. The normalized spacial score (nSPS) is 15.3. The first kappa shape index (κ1) is 15.2. The van der Waals surface area contributed by atoms with Crippen LogP contribution < -0.4 is 10.1 Å². The number of hydrogen-bond donors (Lipinski definition) is 2. The summed E-state index contributed by atoms with van der Waals surface area (Å²) in [5.41, 5.74) is 0.163. The fourth-order valence-corrected chi connectivity index (χ4v) is 1.88. The zero-order valence-corrected chi connectivity index (χ0v) is 11.7. The maximum Gasteiger partial charge on any atom is 0.270 e. The van der Waals surface area contributed by atoms with Gasteiger partial charge in [-0.2, -0.15) is 0 Å². The van der Waals surface area contributed by atoms with E-state index in [2.05, 4.69) is 5.32 Å². The second-order valence-corrected chi connectivity index (χ2v) is 5.19. The van der Waals surface area contributed by atoms with Crippen molar-refractivity contribution in [1.82, 2.24) is 5.32 Å². The third-order valence-electron chi connectivity index (χ3n) is 3.30. The molecule has 0 aliphatic heterocycles. The Balaban J connectivity index is 1.97. The highest BCUT2D eigenvalue weighted by atomic mass is 16.6. The molecule has 0 spiro atoms. The molecule has 1 fully saturated rings. The fraction of sp³-hybridized carbons (Fsp3) is 0.500. The van der Waals surface area contributed by atoms with Gasteiger partial charge >= 0.3 is 0 Å². The van der Waals surface area contributed by atoms with Crippen molar-refractivity contribution >= 4 is 11.6 Å². The van der Waals surface area contributed by atoms with E-state index in [9.17, 15) is 20.0 Å². The van der Waals surface area contributed by atoms with Gasteiger partial charge in [0.2, 0.25) is 0 Å². The maximum absolute atomic E-state index is 11.6. The Labute approximate surface area is 122 Å². The molecule has 0 unspecified atom stereocenters. The molecule has 21 heavy (non-hydrogen) atoms. The number of carbonyl (C=O) groups excluding carboxylic acids is 1. The van der Waals surface area contributed by atoms with Gasteiger partial charge in [0.25, 0.3) is 11.6 Å². The molecule has 0 heterocycles. The lowest BCUT2D eigenvalue weighted by atomic mass is 10.1. The second kappa shape index (κ2) is 6.53. The van der Waals surface area contributed by atoms with Crippen molar-refractivity contribution in [2.75, 3.05) is 13.2 Å². The van der Waals surface area contributed by atoms with Gasteiger partial charge in [-0.25, -0.2) is 0 Å². The van der Waals surface area contributed by atoms with Gasteiger partial charge in [-0.1, -0.05) is 0 Å². The first-order valence-corrected chi connectivity index (χ1v) is 6.83. The summed E-state index contributed by atoms with van der Waals surface area (Å²) in [7, 11) is 0.